The van der Waals surface area contributed by atoms with Gasteiger partial charge in [0.2, 0.25) is 0 Å². The first-order valence-corrected chi connectivity index (χ1v) is 7.54. The molecular formula is C16H21F3N2O3. The summed E-state index contributed by atoms with van der Waals surface area (Å²) in [5.41, 5.74) is 5.94. The van der Waals surface area contributed by atoms with Crippen molar-refractivity contribution in [1.82, 2.24) is 5.32 Å². The first-order chi connectivity index (χ1) is 11.0. The Labute approximate surface area is 138 Å². The molecule has 0 aromatic heterocycles. The Hall–Kier alpha value is -1.80. The molecule has 3 unspecified atom stereocenters. The van der Waals surface area contributed by atoms with E-state index in [1.807, 2.05) is 0 Å². The third-order valence-corrected chi connectivity index (χ3v) is 3.59. The van der Waals surface area contributed by atoms with Crippen molar-refractivity contribution in [1.29, 1.82) is 0 Å². The summed E-state index contributed by atoms with van der Waals surface area (Å²) in [6.07, 6.45) is -4.96. The Balaban J connectivity index is 2.07. The first-order valence-electron chi connectivity index (χ1n) is 7.54. The third kappa shape index (κ3) is 4.85. The maximum Gasteiger partial charge on any atom is 0.573 e. The lowest BCUT2D eigenvalue weighted by Gasteiger charge is -2.21. The predicted molar refractivity (Wildman–Crippen MR) is 80.9 cm³/mol. The van der Waals surface area contributed by atoms with E-state index in [1.54, 1.807) is 26.8 Å². The number of halogens is 3. The van der Waals surface area contributed by atoms with Gasteiger partial charge in [0.25, 0.3) is 0 Å². The van der Waals surface area contributed by atoms with Crippen molar-refractivity contribution >= 4 is 5.97 Å². The second kappa shape index (κ2) is 6.60. The van der Waals surface area contributed by atoms with Gasteiger partial charge in [0.15, 0.2) is 6.23 Å². The Bertz CT molecular complexity index is 599. The molecule has 1 aliphatic heterocycles. The molecule has 2 rings (SSSR count). The minimum atomic E-state index is -4.76. The third-order valence-electron chi connectivity index (χ3n) is 3.59. The fourth-order valence-corrected chi connectivity index (χ4v) is 2.41. The van der Waals surface area contributed by atoms with E-state index in [4.69, 9.17) is 10.5 Å². The molecule has 1 aromatic rings. The van der Waals surface area contributed by atoms with Crippen LogP contribution in [0.2, 0.25) is 0 Å². The second-order valence-electron chi connectivity index (χ2n) is 6.81. The van der Waals surface area contributed by atoms with Gasteiger partial charge >= 0.3 is 12.3 Å². The van der Waals surface area contributed by atoms with Crippen molar-refractivity contribution in [3.8, 4) is 5.75 Å². The van der Waals surface area contributed by atoms with Crippen LogP contribution >= 0.6 is 0 Å². The van der Waals surface area contributed by atoms with Crippen LogP contribution in [0.4, 0.5) is 13.2 Å². The van der Waals surface area contributed by atoms with Gasteiger partial charge in [-0.25, -0.2) is 0 Å². The maximum atomic E-state index is 12.3. The van der Waals surface area contributed by atoms with Gasteiger partial charge in [-0.2, -0.15) is 0 Å². The van der Waals surface area contributed by atoms with Gasteiger partial charge in [0.1, 0.15) is 5.75 Å². The van der Waals surface area contributed by atoms with Crippen molar-refractivity contribution < 1.29 is 27.4 Å². The fourth-order valence-electron chi connectivity index (χ4n) is 2.41. The highest BCUT2D eigenvalue weighted by molar-refractivity contribution is 5.75. The van der Waals surface area contributed by atoms with Crippen LogP contribution < -0.4 is 15.8 Å². The summed E-state index contributed by atoms with van der Waals surface area (Å²) in [5.74, 6) is -0.689. The molecular weight excluding hydrogens is 325 g/mol. The predicted octanol–water partition coefficient (Wildman–Crippen LogP) is 2.86. The number of nitrogens with two attached hydrogens (primary N) is 1. The van der Waals surface area contributed by atoms with E-state index in [-0.39, 0.29) is 11.7 Å². The van der Waals surface area contributed by atoms with Gasteiger partial charge < -0.3 is 15.2 Å². The van der Waals surface area contributed by atoms with Gasteiger partial charge in [-0.1, -0.05) is 12.1 Å². The summed E-state index contributed by atoms with van der Waals surface area (Å²) in [7, 11) is 0. The van der Waals surface area contributed by atoms with Crippen LogP contribution in [0.5, 0.6) is 5.75 Å². The summed E-state index contributed by atoms with van der Waals surface area (Å²) in [5, 5.41) is 3.05. The lowest BCUT2D eigenvalue weighted by atomic mass is 9.97. The molecule has 0 radical (unpaired) electrons. The number of esters is 1. The molecule has 3 N–H and O–H groups in total. The molecule has 0 aliphatic carbocycles. The van der Waals surface area contributed by atoms with Gasteiger partial charge in [-0.15, -0.1) is 13.2 Å². The molecule has 1 heterocycles. The zero-order chi connectivity index (χ0) is 18.1. The van der Waals surface area contributed by atoms with Crippen LogP contribution in [-0.4, -0.2) is 24.6 Å². The largest absolute Gasteiger partial charge is 0.573 e. The second-order valence-corrected chi connectivity index (χ2v) is 6.81. The van der Waals surface area contributed by atoms with Crippen LogP contribution in [0.15, 0.2) is 24.3 Å². The summed E-state index contributed by atoms with van der Waals surface area (Å²) in [6.45, 7) is 5.21. The molecule has 0 bridgehead atoms. The SMILES string of the molecule is CC(C)(C)C(=O)OC1CC(N)C(c2cccc(OC(F)(F)F)c2)N1. The fraction of sp³-hybridized carbons (Fsp3) is 0.562. The smallest absolute Gasteiger partial charge is 0.446 e. The van der Waals surface area contributed by atoms with Gasteiger partial charge in [-0.3, -0.25) is 10.1 Å². The molecule has 0 amide bonds. The minimum absolute atomic E-state index is 0.316. The average Bonchev–Trinajstić information content (AvgIpc) is 2.77. The number of hydrogen-bond donors (Lipinski definition) is 2. The quantitative estimate of drug-likeness (QED) is 0.824. The normalized spacial score (nSPS) is 24.7. The van der Waals surface area contributed by atoms with Gasteiger partial charge in [-0.05, 0) is 38.5 Å². The molecule has 1 saturated heterocycles. The van der Waals surface area contributed by atoms with Crippen molar-refractivity contribution in [2.45, 2.75) is 51.9 Å². The highest BCUT2D eigenvalue weighted by Crippen LogP contribution is 2.31. The number of hydrogen-bond acceptors (Lipinski definition) is 5. The number of nitrogens with one attached hydrogen (secondary N) is 1. The Morgan fingerprint density at radius 2 is 1.96 bits per heavy atom. The van der Waals surface area contributed by atoms with E-state index in [2.05, 4.69) is 10.1 Å². The molecule has 1 aromatic carbocycles. The Morgan fingerprint density at radius 1 is 1.29 bits per heavy atom. The molecule has 24 heavy (non-hydrogen) atoms. The molecule has 134 valence electrons. The zero-order valence-corrected chi connectivity index (χ0v) is 13.7. The summed E-state index contributed by atoms with van der Waals surface area (Å²) in [4.78, 5) is 11.9. The Kier molecular flexibility index (Phi) is 5.10. The van der Waals surface area contributed by atoms with E-state index in [0.717, 1.165) is 0 Å². The van der Waals surface area contributed by atoms with Crippen molar-refractivity contribution in [3.05, 3.63) is 29.8 Å². The van der Waals surface area contributed by atoms with Crippen molar-refractivity contribution in [2.75, 3.05) is 0 Å². The number of rotatable bonds is 3. The molecule has 5 nitrogen and oxygen atoms in total. The highest BCUT2D eigenvalue weighted by Gasteiger charge is 2.37. The van der Waals surface area contributed by atoms with E-state index in [0.29, 0.717) is 12.0 Å². The maximum absolute atomic E-state index is 12.3. The van der Waals surface area contributed by atoms with E-state index < -0.39 is 30.1 Å². The van der Waals surface area contributed by atoms with Crippen LogP contribution in [0.3, 0.4) is 0 Å². The first kappa shape index (κ1) is 18.5. The molecule has 0 saturated carbocycles. The van der Waals surface area contributed by atoms with Gasteiger partial charge in [0.05, 0.1) is 11.5 Å². The van der Waals surface area contributed by atoms with Crippen molar-refractivity contribution in [2.24, 2.45) is 11.1 Å². The average molecular weight is 346 g/mol. The molecule has 0 spiro atoms. The number of carbonyl (C=O) groups excluding carboxylic acids is 1. The molecule has 3 atom stereocenters. The van der Waals surface area contributed by atoms with Crippen LogP contribution in [-0.2, 0) is 9.53 Å². The zero-order valence-electron chi connectivity index (χ0n) is 13.7. The Morgan fingerprint density at radius 3 is 2.54 bits per heavy atom. The molecule has 1 aliphatic rings. The minimum Gasteiger partial charge on any atom is -0.446 e. The number of alkyl halides is 3. The molecule has 1 fully saturated rings. The van der Waals surface area contributed by atoms with E-state index in [9.17, 15) is 18.0 Å². The van der Waals surface area contributed by atoms with Crippen LogP contribution in [0, 0.1) is 5.41 Å². The lowest BCUT2D eigenvalue weighted by molar-refractivity contribution is -0.274. The van der Waals surface area contributed by atoms with Gasteiger partial charge in [0, 0.05) is 12.5 Å². The van der Waals surface area contributed by atoms with Crippen LogP contribution in [0.25, 0.3) is 0 Å². The number of carbonyl (C=O) groups is 1. The number of benzene rings is 1. The van der Waals surface area contributed by atoms with E-state index in [1.165, 1.54) is 18.2 Å². The van der Waals surface area contributed by atoms with E-state index >= 15 is 0 Å². The van der Waals surface area contributed by atoms with Crippen molar-refractivity contribution in [3.63, 3.8) is 0 Å². The van der Waals surface area contributed by atoms with Crippen LogP contribution in [0.1, 0.15) is 38.8 Å². The highest BCUT2D eigenvalue weighted by atomic mass is 19.4. The summed E-state index contributed by atoms with van der Waals surface area (Å²) >= 11 is 0. The summed E-state index contributed by atoms with van der Waals surface area (Å²) in [6, 6.07) is 4.77. The topological polar surface area (TPSA) is 73.6 Å². The number of ether oxygens (including phenoxy) is 2. The summed E-state index contributed by atoms with van der Waals surface area (Å²) < 4.78 is 46.3. The standard InChI is InChI=1S/C16H21F3N2O3/c1-15(2,3)14(22)23-12-8-11(20)13(21-12)9-5-4-6-10(7-9)24-16(17,18)19/h4-7,11-13,21H,8,20H2,1-3H3. The lowest BCUT2D eigenvalue weighted by Crippen LogP contribution is -2.34. The monoisotopic (exact) mass is 346 g/mol. The molecule has 8 heteroatoms.